The van der Waals surface area contributed by atoms with Crippen molar-refractivity contribution in [1.29, 1.82) is 0 Å². The van der Waals surface area contributed by atoms with Crippen LogP contribution in [0.25, 0.3) is 11.0 Å². The van der Waals surface area contributed by atoms with Gasteiger partial charge in [0.2, 0.25) is 0 Å². The predicted octanol–water partition coefficient (Wildman–Crippen LogP) is 3.18. The van der Waals surface area contributed by atoms with Crippen LogP contribution in [-0.2, 0) is 0 Å². The standard InChI is InChI=1S/C9H6ClNO3/c10-6-2-1-5-3-4-14-8(5)7(6)11-9(12)13/h1-4,11H,(H,12,13). The molecule has 1 aromatic heterocycles. The maximum Gasteiger partial charge on any atom is 0.409 e. The highest BCUT2D eigenvalue weighted by Gasteiger charge is 2.10. The lowest BCUT2D eigenvalue weighted by atomic mass is 10.2. The van der Waals surface area contributed by atoms with Gasteiger partial charge in [0.1, 0.15) is 5.69 Å². The molecule has 5 heteroatoms. The molecule has 0 spiro atoms. The summed E-state index contributed by atoms with van der Waals surface area (Å²) >= 11 is 5.82. The third-order valence-corrected chi connectivity index (χ3v) is 2.12. The number of carboxylic acid groups (broad SMARTS) is 1. The van der Waals surface area contributed by atoms with Gasteiger partial charge >= 0.3 is 6.09 Å². The number of benzene rings is 1. The summed E-state index contributed by atoms with van der Waals surface area (Å²) in [7, 11) is 0. The topological polar surface area (TPSA) is 62.5 Å². The predicted molar refractivity (Wildman–Crippen MR) is 52.9 cm³/mol. The molecular formula is C9H6ClNO3. The van der Waals surface area contributed by atoms with Crippen LogP contribution in [0.3, 0.4) is 0 Å². The lowest BCUT2D eigenvalue weighted by Crippen LogP contribution is -2.07. The van der Waals surface area contributed by atoms with E-state index in [2.05, 4.69) is 5.32 Å². The van der Waals surface area contributed by atoms with Crippen molar-refractivity contribution in [3.8, 4) is 0 Å². The van der Waals surface area contributed by atoms with Crippen LogP contribution in [0.5, 0.6) is 0 Å². The minimum absolute atomic E-state index is 0.279. The second-order valence-electron chi connectivity index (χ2n) is 2.69. The monoisotopic (exact) mass is 211 g/mol. The molecule has 0 aliphatic heterocycles. The smallest absolute Gasteiger partial charge is 0.409 e. The van der Waals surface area contributed by atoms with Gasteiger partial charge in [-0.3, -0.25) is 5.32 Å². The van der Waals surface area contributed by atoms with E-state index in [9.17, 15) is 4.79 Å². The Hall–Kier alpha value is -1.68. The molecule has 14 heavy (non-hydrogen) atoms. The number of furan rings is 1. The summed E-state index contributed by atoms with van der Waals surface area (Å²) in [6, 6.07) is 5.11. The number of hydrogen-bond acceptors (Lipinski definition) is 2. The Balaban J connectivity index is 2.64. The van der Waals surface area contributed by atoms with E-state index in [1.54, 1.807) is 18.2 Å². The summed E-state index contributed by atoms with van der Waals surface area (Å²) < 4.78 is 5.12. The number of carbonyl (C=O) groups is 1. The highest BCUT2D eigenvalue weighted by molar-refractivity contribution is 6.35. The number of amides is 1. The molecule has 2 rings (SSSR count). The van der Waals surface area contributed by atoms with Crippen LogP contribution >= 0.6 is 11.6 Å². The minimum atomic E-state index is -1.17. The summed E-state index contributed by atoms with van der Waals surface area (Å²) in [5, 5.41) is 11.9. The van der Waals surface area contributed by atoms with Crippen LogP contribution in [-0.4, -0.2) is 11.2 Å². The van der Waals surface area contributed by atoms with E-state index < -0.39 is 6.09 Å². The molecule has 0 aliphatic carbocycles. The Labute approximate surface area is 84.1 Å². The van der Waals surface area contributed by atoms with Crippen molar-refractivity contribution in [3.63, 3.8) is 0 Å². The highest BCUT2D eigenvalue weighted by Crippen LogP contribution is 2.31. The Morgan fingerprint density at radius 2 is 2.21 bits per heavy atom. The molecular weight excluding hydrogens is 206 g/mol. The van der Waals surface area contributed by atoms with Crippen molar-refractivity contribution in [2.24, 2.45) is 0 Å². The Morgan fingerprint density at radius 3 is 2.93 bits per heavy atom. The van der Waals surface area contributed by atoms with E-state index >= 15 is 0 Å². The quantitative estimate of drug-likeness (QED) is 0.762. The molecule has 1 heterocycles. The normalized spacial score (nSPS) is 10.4. The summed E-state index contributed by atoms with van der Waals surface area (Å²) in [6.07, 6.45) is 0.310. The lowest BCUT2D eigenvalue weighted by molar-refractivity contribution is 0.209. The van der Waals surface area contributed by atoms with Crippen molar-refractivity contribution in [2.75, 3.05) is 5.32 Å². The molecule has 0 fully saturated rings. The minimum Gasteiger partial charge on any atom is -0.465 e. The van der Waals surface area contributed by atoms with Crippen LogP contribution in [0, 0.1) is 0 Å². The number of fused-ring (bicyclic) bond motifs is 1. The molecule has 0 radical (unpaired) electrons. The first kappa shape index (κ1) is 8.90. The molecule has 0 bridgehead atoms. The number of nitrogens with one attached hydrogen (secondary N) is 1. The molecule has 0 saturated heterocycles. The van der Waals surface area contributed by atoms with E-state index in [0.717, 1.165) is 5.39 Å². The Kier molecular flexibility index (Phi) is 2.05. The van der Waals surface area contributed by atoms with E-state index in [1.165, 1.54) is 6.26 Å². The molecule has 1 amide bonds. The van der Waals surface area contributed by atoms with Crippen molar-refractivity contribution in [2.45, 2.75) is 0 Å². The van der Waals surface area contributed by atoms with Crippen LogP contribution in [0.4, 0.5) is 10.5 Å². The van der Waals surface area contributed by atoms with E-state index in [1.807, 2.05) is 0 Å². The SMILES string of the molecule is O=C(O)Nc1c(Cl)ccc2ccoc12. The fourth-order valence-corrected chi connectivity index (χ4v) is 1.43. The maximum absolute atomic E-state index is 10.5. The molecule has 0 unspecified atom stereocenters. The molecule has 2 aromatic rings. The van der Waals surface area contributed by atoms with Crippen molar-refractivity contribution < 1.29 is 14.3 Å². The number of hydrogen-bond donors (Lipinski definition) is 2. The van der Waals surface area contributed by atoms with Crippen LogP contribution in [0.2, 0.25) is 5.02 Å². The van der Waals surface area contributed by atoms with Gasteiger partial charge in [-0.2, -0.15) is 0 Å². The molecule has 1 aromatic carbocycles. The fraction of sp³-hybridized carbons (Fsp3) is 0. The average Bonchev–Trinajstić information content (AvgIpc) is 2.57. The zero-order valence-corrected chi connectivity index (χ0v) is 7.71. The van der Waals surface area contributed by atoms with Gasteiger partial charge in [0.15, 0.2) is 5.58 Å². The van der Waals surface area contributed by atoms with Crippen LogP contribution < -0.4 is 5.32 Å². The maximum atomic E-state index is 10.5. The van der Waals surface area contributed by atoms with Gasteiger partial charge in [-0.1, -0.05) is 11.6 Å². The number of anilines is 1. The molecule has 72 valence electrons. The second-order valence-corrected chi connectivity index (χ2v) is 3.10. The van der Waals surface area contributed by atoms with Gasteiger partial charge in [-0.05, 0) is 18.2 Å². The summed E-state index contributed by atoms with van der Waals surface area (Å²) in [5.41, 5.74) is 0.724. The molecule has 0 atom stereocenters. The Morgan fingerprint density at radius 1 is 1.43 bits per heavy atom. The zero-order chi connectivity index (χ0) is 10.1. The van der Waals surface area contributed by atoms with E-state index in [4.69, 9.17) is 21.1 Å². The molecule has 0 saturated carbocycles. The first-order valence-electron chi connectivity index (χ1n) is 3.84. The third-order valence-electron chi connectivity index (χ3n) is 1.80. The number of rotatable bonds is 1. The summed E-state index contributed by atoms with van der Waals surface area (Å²) in [4.78, 5) is 10.5. The van der Waals surface area contributed by atoms with Crippen molar-refractivity contribution >= 4 is 34.4 Å². The van der Waals surface area contributed by atoms with Crippen molar-refractivity contribution in [3.05, 3.63) is 29.5 Å². The lowest BCUT2D eigenvalue weighted by Gasteiger charge is -2.03. The van der Waals surface area contributed by atoms with Gasteiger partial charge < -0.3 is 9.52 Å². The summed E-state index contributed by atoms with van der Waals surface area (Å²) in [5.74, 6) is 0. The first-order valence-corrected chi connectivity index (χ1v) is 4.22. The largest absolute Gasteiger partial charge is 0.465 e. The van der Waals surface area contributed by atoms with E-state index in [0.29, 0.717) is 10.6 Å². The van der Waals surface area contributed by atoms with Gasteiger partial charge in [-0.25, -0.2) is 4.79 Å². The Bertz CT molecular complexity index is 492. The molecule has 2 N–H and O–H groups in total. The third kappa shape index (κ3) is 1.40. The van der Waals surface area contributed by atoms with Crippen LogP contribution in [0.1, 0.15) is 0 Å². The van der Waals surface area contributed by atoms with Gasteiger partial charge in [0.05, 0.1) is 11.3 Å². The first-order chi connectivity index (χ1) is 6.68. The fourth-order valence-electron chi connectivity index (χ4n) is 1.23. The molecule has 4 nitrogen and oxygen atoms in total. The van der Waals surface area contributed by atoms with Gasteiger partial charge in [0, 0.05) is 5.39 Å². The van der Waals surface area contributed by atoms with Gasteiger partial charge in [-0.15, -0.1) is 0 Å². The van der Waals surface area contributed by atoms with Gasteiger partial charge in [0.25, 0.3) is 0 Å². The number of halogens is 1. The molecule has 0 aliphatic rings. The highest BCUT2D eigenvalue weighted by atomic mass is 35.5. The van der Waals surface area contributed by atoms with Crippen molar-refractivity contribution in [1.82, 2.24) is 0 Å². The second kappa shape index (κ2) is 3.23. The van der Waals surface area contributed by atoms with E-state index in [-0.39, 0.29) is 5.69 Å². The van der Waals surface area contributed by atoms with Crippen LogP contribution in [0.15, 0.2) is 28.9 Å². The average molecular weight is 212 g/mol. The zero-order valence-electron chi connectivity index (χ0n) is 6.95. The summed E-state index contributed by atoms with van der Waals surface area (Å²) in [6.45, 7) is 0.